The molecule has 0 spiro atoms. The fourth-order valence-electron chi connectivity index (χ4n) is 2.35. The average Bonchev–Trinajstić information content (AvgIpc) is 2.65. The van der Waals surface area contributed by atoms with Gasteiger partial charge in [0.05, 0.1) is 21.3 Å². The number of hydrogen-bond acceptors (Lipinski definition) is 5. The molecule has 0 bridgehead atoms. The van der Waals surface area contributed by atoms with Gasteiger partial charge in [-0.3, -0.25) is 4.79 Å². The lowest BCUT2D eigenvalue weighted by atomic mass is 10.2. The Balaban J connectivity index is 2.04. The van der Waals surface area contributed by atoms with Crippen LogP contribution in [0.2, 0.25) is 0 Å². The zero-order chi connectivity index (χ0) is 18.2. The lowest BCUT2D eigenvalue weighted by Gasteiger charge is -2.14. The molecule has 0 unspecified atom stereocenters. The second-order valence-electron chi connectivity index (χ2n) is 5.25. The Morgan fingerprint density at radius 3 is 2.24 bits per heavy atom. The molecule has 134 valence electrons. The maximum Gasteiger partial charge on any atom is 0.262 e. The van der Waals surface area contributed by atoms with Crippen LogP contribution in [0, 0.1) is 0 Å². The van der Waals surface area contributed by atoms with Crippen LogP contribution in [-0.2, 0) is 11.2 Å². The van der Waals surface area contributed by atoms with Gasteiger partial charge in [-0.25, -0.2) is 0 Å². The third-order valence-electron chi connectivity index (χ3n) is 3.63. The summed E-state index contributed by atoms with van der Waals surface area (Å²) in [5, 5.41) is 2.76. The minimum atomic E-state index is -0.281. The Morgan fingerprint density at radius 2 is 1.68 bits per heavy atom. The number of carbonyl (C=O) groups is 1. The summed E-state index contributed by atoms with van der Waals surface area (Å²) >= 11 is 0. The summed E-state index contributed by atoms with van der Waals surface area (Å²) in [7, 11) is 4.57. The van der Waals surface area contributed by atoms with E-state index in [9.17, 15) is 4.79 Å². The molecule has 0 fully saturated rings. The number of amides is 1. The van der Waals surface area contributed by atoms with Crippen LogP contribution in [0.5, 0.6) is 23.0 Å². The zero-order valence-corrected chi connectivity index (χ0v) is 14.9. The molecule has 0 radical (unpaired) electrons. The second kappa shape index (κ2) is 8.82. The van der Waals surface area contributed by atoms with E-state index in [-0.39, 0.29) is 12.5 Å². The first-order valence-electron chi connectivity index (χ1n) is 7.92. The van der Waals surface area contributed by atoms with Crippen molar-refractivity contribution < 1.29 is 23.7 Å². The van der Waals surface area contributed by atoms with Crippen molar-refractivity contribution in [1.29, 1.82) is 0 Å². The van der Waals surface area contributed by atoms with Gasteiger partial charge in [0.1, 0.15) is 5.75 Å². The molecule has 2 aromatic rings. The first-order valence-corrected chi connectivity index (χ1v) is 7.92. The molecule has 0 aromatic heterocycles. The monoisotopic (exact) mass is 345 g/mol. The third kappa shape index (κ3) is 4.79. The van der Waals surface area contributed by atoms with Gasteiger partial charge in [0.25, 0.3) is 5.91 Å². The Kier molecular flexibility index (Phi) is 6.51. The van der Waals surface area contributed by atoms with Crippen molar-refractivity contribution in [3.8, 4) is 23.0 Å². The molecule has 2 aromatic carbocycles. The van der Waals surface area contributed by atoms with E-state index in [1.54, 1.807) is 12.1 Å². The van der Waals surface area contributed by atoms with Crippen LogP contribution in [0.1, 0.15) is 12.5 Å². The van der Waals surface area contributed by atoms with E-state index in [4.69, 9.17) is 18.9 Å². The van der Waals surface area contributed by atoms with Crippen LogP contribution >= 0.6 is 0 Å². The average molecular weight is 345 g/mol. The first kappa shape index (κ1) is 18.4. The van der Waals surface area contributed by atoms with Gasteiger partial charge in [-0.1, -0.05) is 19.1 Å². The molecular weight excluding hydrogens is 322 g/mol. The van der Waals surface area contributed by atoms with E-state index in [0.29, 0.717) is 28.7 Å². The topological polar surface area (TPSA) is 66.0 Å². The van der Waals surface area contributed by atoms with E-state index in [0.717, 1.165) is 12.0 Å². The third-order valence-corrected chi connectivity index (χ3v) is 3.63. The molecule has 6 nitrogen and oxygen atoms in total. The van der Waals surface area contributed by atoms with Crippen molar-refractivity contribution in [2.24, 2.45) is 0 Å². The maximum atomic E-state index is 12.1. The molecule has 0 aliphatic carbocycles. The highest BCUT2D eigenvalue weighted by molar-refractivity contribution is 5.92. The molecule has 0 atom stereocenters. The molecule has 6 heteroatoms. The van der Waals surface area contributed by atoms with Crippen molar-refractivity contribution in [2.75, 3.05) is 33.3 Å². The predicted octanol–water partition coefficient (Wildman–Crippen LogP) is 3.29. The first-order chi connectivity index (χ1) is 12.1. The smallest absolute Gasteiger partial charge is 0.262 e. The molecule has 1 amide bonds. The molecule has 1 N–H and O–H groups in total. The maximum absolute atomic E-state index is 12.1. The Morgan fingerprint density at radius 1 is 1.00 bits per heavy atom. The van der Waals surface area contributed by atoms with Crippen LogP contribution in [-0.4, -0.2) is 33.8 Å². The molecule has 25 heavy (non-hydrogen) atoms. The second-order valence-corrected chi connectivity index (χ2v) is 5.25. The van der Waals surface area contributed by atoms with Crippen LogP contribution < -0.4 is 24.3 Å². The Bertz CT molecular complexity index is 704. The highest BCUT2D eigenvalue weighted by atomic mass is 16.5. The number of hydrogen-bond donors (Lipinski definition) is 1. The van der Waals surface area contributed by atoms with Crippen LogP contribution in [0.4, 0.5) is 5.69 Å². The molecule has 0 heterocycles. The van der Waals surface area contributed by atoms with E-state index in [1.165, 1.54) is 21.3 Å². The number of benzene rings is 2. The Labute approximate surface area is 147 Å². The number of rotatable bonds is 8. The number of nitrogens with one attached hydrogen (secondary N) is 1. The summed E-state index contributed by atoms with van der Waals surface area (Å²) in [5.41, 5.74) is 1.69. The van der Waals surface area contributed by atoms with Gasteiger partial charge >= 0.3 is 0 Å². The van der Waals surface area contributed by atoms with Gasteiger partial charge < -0.3 is 24.3 Å². The number of anilines is 1. The van der Waals surface area contributed by atoms with Gasteiger partial charge in [0.2, 0.25) is 5.75 Å². The summed E-state index contributed by atoms with van der Waals surface area (Å²) < 4.78 is 21.3. The standard InChI is InChI=1S/C19H23NO5/c1-5-13-7-6-8-15(9-13)25-12-18(21)20-14-10-16(22-2)19(24-4)17(11-14)23-3/h6-11H,5,12H2,1-4H3,(H,20,21). The summed E-state index contributed by atoms with van der Waals surface area (Å²) in [6.45, 7) is 1.97. The van der Waals surface area contributed by atoms with E-state index < -0.39 is 0 Å². The summed E-state index contributed by atoms with van der Waals surface area (Å²) in [6.07, 6.45) is 0.912. The fourth-order valence-corrected chi connectivity index (χ4v) is 2.35. The van der Waals surface area contributed by atoms with Crippen LogP contribution in [0.3, 0.4) is 0 Å². The van der Waals surface area contributed by atoms with Crippen molar-refractivity contribution >= 4 is 11.6 Å². The highest BCUT2D eigenvalue weighted by Crippen LogP contribution is 2.39. The largest absolute Gasteiger partial charge is 0.493 e. The summed E-state index contributed by atoms with van der Waals surface area (Å²) in [5.74, 6) is 1.79. The summed E-state index contributed by atoms with van der Waals surface area (Å²) in [6, 6.07) is 11.0. The van der Waals surface area contributed by atoms with Gasteiger partial charge in [-0.15, -0.1) is 0 Å². The molecule has 0 aliphatic rings. The van der Waals surface area contributed by atoms with Crippen LogP contribution in [0.15, 0.2) is 36.4 Å². The van der Waals surface area contributed by atoms with Gasteiger partial charge in [-0.05, 0) is 24.1 Å². The SMILES string of the molecule is CCc1cccc(OCC(=O)Nc2cc(OC)c(OC)c(OC)c2)c1. The van der Waals surface area contributed by atoms with Crippen molar-refractivity contribution in [2.45, 2.75) is 13.3 Å². The quantitative estimate of drug-likeness (QED) is 0.795. The van der Waals surface area contributed by atoms with Gasteiger partial charge in [0.15, 0.2) is 18.1 Å². The summed E-state index contributed by atoms with van der Waals surface area (Å²) in [4.78, 5) is 12.1. The Hall–Kier alpha value is -2.89. The minimum absolute atomic E-state index is 0.0934. The minimum Gasteiger partial charge on any atom is -0.493 e. The molecule has 2 rings (SSSR count). The van der Waals surface area contributed by atoms with E-state index in [1.807, 2.05) is 24.3 Å². The molecule has 0 aliphatic heterocycles. The van der Waals surface area contributed by atoms with Crippen molar-refractivity contribution in [3.63, 3.8) is 0 Å². The lowest BCUT2D eigenvalue weighted by molar-refractivity contribution is -0.118. The predicted molar refractivity (Wildman–Crippen MR) is 96.0 cm³/mol. The highest BCUT2D eigenvalue weighted by Gasteiger charge is 2.14. The van der Waals surface area contributed by atoms with E-state index >= 15 is 0 Å². The van der Waals surface area contributed by atoms with Crippen LogP contribution in [0.25, 0.3) is 0 Å². The normalized spacial score (nSPS) is 10.1. The molecule has 0 saturated heterocycles. The van der Waals surface area contributed by atoms with Crippen molar-refractivity contribution in [3.05, 3.63) is 42.0 Å². The number of ether oxygens (including phenoxy) is 4. The molecule has 0 saturated carbocycles. The number of aryl methyl sites for hydroxylation is 1. The number of methoxy groups -OCH3 is 3. The van der Waals surface area contributed by atoms with Gasteiger partial charge in [-0.2, -0.15) is 0 Å². The molecular formula is C19H23NO5. The number of carbonyl (C=O) groups excluding carboxylic acids is 1. The lowest BCUT2D eigenvalue weighted by Crippen LogP contribution is -2.20. The fraction of sp³-hybridized carbons (Fsp3) is 0.316. The van der Waals surface area contributed by atoms with E-state index in [2.05, 4.69) is 12.2 Å². The van der Waals surface area contributed by atoms with Gasteiger partial charge in [0, 0.05) is 17.8 Å². The zero-order valence-electron chi connectivity index (χ0n) is 14.9. The van der Waals surface area contributed by atoms with Crippen molar-refractivity contribution in [1.82, 2.24) is 0 Å².